The highest BCUT2D eigenvalue weighted by Crippen LogP contribution is 2.48. The molecule has 1 N–H and O–H groups in total. The van der Waals surface area contributed by atoms with Crippen molar-refractivity contribution in [3.8, 4) is 0 Å². The minimum atomic E-state index is -0.158. The Morgan fingerprint density at radius 1 is 1.35 bits per heavy atom. The number of nitrogens with one attached hydrogen (secondary N) is 1. The van der Waals surface area contributed by atoms with Crippen molar-refractivity contribution < 1.29 is 9.32 Å². The van der Waals surface area contributed by atoms with Crippen LogP contribution in [0, 0.1) is 0 Å². The Kier molecular flexibility index (Phi) is 3.26. The Labute approximate surface area is 117 Å². The first-order valence-electron chi connectivity index (χ1n) is 6.84. The minimum Gasteiger partial charge on any atom is -0.359 e. The summed E-state index contributed by atoms with van der Waals surface area (Å²) in [5.41, 5.74) is 1.05. The number of aromatic nitrogens is 2. The number of carbonyl (C=O) groups excluding carboxylic acids is 1. The molecule has 1 aliphatic rings. The van der Waals surface area contributed by atoms with E-state index in [1.807, 2.05) is 18.2 Å². The van der Waals surface area contributed by atoms with Crippen molar-refractivity contribution in [2.45, 2.75) is 31.1 Å². The fraction of sp³-hybridized carbons (Fsp3) is 0.400. The molecule has 1 heterocycles. The molecule has 0 saturated heterocycles. The average Bonchev–Trinajstić information content (AvgIpc) is 2.87. The van der Waals surface area contributed by atoms with E-state index >= 15 is 0 Å². The van der Waals surface area contributed by atoms with E-state index < -0.39 is 0 Å². The second-order valence-electron chi connectivity index (χ2n) is 5.17. The van der Waals surface area contributed by atoms with Crippen LogP contribution in [-0.4, -0.2) is 23.1 Å². The predicted octanol–water partition coefficient (Wildman–Crippen LogP) is 1.83. The summed E-state index contributed by atoms with van der Waals surface area (Å²) in [7, 11) is 1.60. The summed E-state index contributed by atoms with van der Waals surface area (Å²) in [6.07, 6.45) is 3.34. The number of amides is 1. The van der Waals surface area contributed by atoms with E-state index in [-0.39, 0.29) is 17.7 Å². The van der Waals surface area contributed by atoms with Gasteiger partial charge in [-0.2, -0.15) is 4.98 Å². The van der Waals surface area contributed by atoms with Crippen molar-refractivity contribution in [3.05, 3.63) is 47.6 Å². The van der Waals surface area contributed by atoms with Gasteiger partial charge in [-0.3, -0.25) is 4.79 Å². The van der Waals surface area contributed by atoms with E-state index in [2.05, 4.69) is 27.6 Å². The van der Waals surface area contributed by atoms with Crippen molar-refractivity contribution >= 4 is 5.91 Å². The molecule has 0 unspecified atom stereocenters. The van der Waals surface area contributed by atoms with Gasteiger partial charge in [0.25, 0.3) is 0 Å². The van der Waals surface area contributed by atoms with Crippen LogP contribution in [-0.2, 0) is 16.6 Å². The molecule has 1 aliphatic carbocycles. The van der Waals surface area contributed by atoms with E-state index in [1.54, 1.807) is 7.05 Å². The van der Waals surface area contributed by atoms with Crippen LogP contribution in [0.2, 0.25) is 0 Å². The highest BCUT2D eigenvalue weighted by atomic mass is 16.5. The van der Waals surface area contributed by atoms with Crippen LogP contribution in [0.25, 0.3) is 0 Å². The number of nitrogens with zero attached hydrogens (tertiary/aromatic N) is 2. The zero-order valence-electron chi connectivity index (χ0n) is 11.4. The SMILES string of the molecule is CNC(=O)Cc1noc(C2(c3ccccc3)CCC2)n1. The summed E-state index contributed by atoms with van der Waals surface area (Å²) < 4.78 is 5.43. The lowest BCUT2D eigenvalue weighted by Crippen LogP contribution is -2.35. The standard InChI is InChI=1S/C15H17N3O2/c1-16-13(19)10-12-17-14(20-18-12)15(8-5-9-15)11-6-3-2-4-7-11/h2-4,6-7H,5,8-10H2,1H3,(H,16,19). The van der Waals surface area contributed by atoms with Gasteiger partial charge in [0, 0.05) is 7.05 Å². The molecule has 1 amide bonds. The monoisotopic (exact) mass is 271 g/mol. The van der Waals surface area contributed by atoms with E-state index in [9.17, 15) is 4.79 Å². The van der Waals surface area contributed by atoms with Gasteiger partial charge in [-0.25, -0.2) is 0 Å². The lowest BCUT2D eigenvalue weighted by atomic mass is 9.64. The van der Waals surface area contributed by atoms with Gasteiger partial charge in [0.1, 0.15) is 0 Å². The molecule has 0 aliphatic heterocycles. The Bertz CT molecular complexity index is 603. The molecular weight excluding hydrogens is 254 g/mol. The number of likely N-dealkylation sites (N-methyl/N-ethyl adjacent to an activating group) is 1. The molecule has 1 aromatic heterocycles. The molecule has 0 atom stereocenters. The number of benzene rings is 1. The molecule has 5 nitrogen and oxygen atoms in total. The molecule has 0 bridgehead atoms. The summed E-state index contributed by atoms with van der Waals surface area (Å²) >= 11 is 0. The van der Waals surface area contributed by atoms with Crippen LogP contribution in [0.3, 0.4) is 0 Å². The van der Waals surface area contributed by atoms with E-state index in [0.717, 1.165) is 19.3 Å². The van der Waals surface area contributed by atoms with Gasteiger partial charge in [-0.05, 0) is 18.4 Å². The maximum absolute atomic E-state index is 11.4. The Hall–Kier alpha value is -2.17. The molecule has 5 heteroatoms. The Morgan fingerprint density at radius 2 is 2.10 bits per heavy atom. The third-order valence-corrected chi connectivity index (χ3v) is 4.01. The summed E-state index contributed by atoms with van der Waals surface area (Å²) in [4.78, 5) is 15.8. The number of carbonyl (C=O) groups is 1. The largest absolute Gasteiger partial charge is 0.359 e. The van der Waals surface area contributed by atoms with Crippen molar-refractivity contribution in [1.29, 1.82) is 0 Å². The Balaban J connectivity index is 1.89. The van der Waals surface area contributed by atoms with Crippen molar-refractivity contribution in [2.75, 3.05) is 7.05 Å². The molecule has 1 aromatic carbocycles. The zero-order valence-corrected chi connectivity index (χ0v) is 11.4. The van der Waals surface area contributed by atoms with Gasteiger partial charge in [-0.15, -0.1) is 0 Å². The van der Waals surface area contributed by atoms with Gasteiger partial charge >= 0.3 is 0 Å². The van der Waals surface area contributed by atoms with Crippen molar-refractivity contribution in [1.82, 2.24) is 15.5 Å². The third-order valence-electron chi connectivity index (χ3n) is 4.01. The molecule has 0 radical (unpaired) electrons. The van der Waals surface area contributed by atoms with Crippen LogP contribution in [0.1, 0.15) is 36.5 Å². The Morgan fingerprint density at radius 3 is 2.70 bits per heavy atom. The smallest absolute Gasteiger partial charge is 0.237 e. The van der Waals surface area contributed by atoms with Crippen LogP contribution < -0.4 is 5.32 Å². The molecule has 104 valence electrons. The predicted molar refractivity (Wildman–Crippen MR) is 73.1 cm³/mol. The van der Waals surface area contributed by atoms with Crippen LogP contribution in [0.5, 0.6) is 0 Å². The maximum atomic E-state index is 11.4. The van der Waals surface area contributed by atoms with Gasteiger partial charge in [-0.1, -0.05) is 41.9 Å². The second-order valence-corrected chi connectivity index (χ2v) is 5.17. The average molecular weight is 271 g/mol. The lowest BCUT2D eigenvalue weighted by molar-refractivity contribution is -0.120. The van der Waals surface area contributed by atoms with E-state index in [0.29, 0.717) is 11.7 Å². The quantitative estimate of drug-likeness (QED) is 0.921. The van der Waals surface area contributed by atoms with Gasteiger partial charge in [0.2, 0.25) is 11.8 Å². The van der Waals surface area contributed by atoms with E-state index in [1.165, 1.54) is 5.56 Å². The zero-order chi connectivity index (χ0) is 14.0. The molecule has 1 saturated carbocycles. The van der Waals surface area contributed by atoms with E-state index in [4.69, 9.17) is 4.52 Å². The molecular formula is C15H17N3O2. The van der Waals surface area contributed by atoms with Gasteiger partial charge in [0.05, 0.1) is 11.8 Å². The highest BCUT2D eigenvalue weighted by molar-refractivity contribution is 5.77. The first-order chi connectivity index (χ1) is 9.74. The number of hydrogen-bond acceptors (Lipinski definition) is 4. The van der Waals surface area contributed by atoms with Gasteiger partial charge < -0.3 is 9.84 Å². The molecule has 0 spiro atoms. The van der Waals surface area contributed by atoms with Crippen LogP contribution >= 0.6 is 0 Å². The summed E-state index contributed by atoms with van der Waals surface area (Å²) in [5.74, 6) is 0.968. The number of hydrogen-bond donors (Lipinski definition) is 1. The number of rotatable bonds is 4. The van der Waals surface area contributed by atoms with Crippen LogP contribution in [0.15, 0.2) is 34.9 Å². The summed E-state index contributed by atoms with van der Waals surface area (Å²) in [6.45, 7) is 0. The molecule has 2 aromatic rings. The topological polar surface area (TPSA) is 68.0 Å². The van der Waals surface area contributed by atoms with Gasteiger partial charge in [0.15, 0.2) is 5.82 Å². The summed E-state index contributed by atoms with van der Waals surface area (Å²) in [5, 5.41) is 6.49. The molecule has 1 fully saturated rings. The minimum absolute atomic E-state index is 0.111. The van der Waals surface area contributed by atoms with Crippen LogP contribution in [0.4, 0.5) is 0 Å². The maximum Gasteiger partial charge on any atom is 0.237 e. The normalized spacial score (nSPS) is 16.4. The highest BCUT2D eigenvalue weighted by Gasteiger charge is 2.45. The van der Waals surface area contributed by atoms with Crippen molar-refractivity contribution in [3.63, 3.8) is 0 Å². The summed E-state index contributed by atoms with van der Waals surface area (Å²) in [6, 6.07) is 10.2. The first kappa shape index (κ1) is 12.8. The lowest BCUT2D eigenvalue weighted by Gasteiger charge is -2.38. The van der Waals surface area contributed by atoms with Crippen molar-refractivity contribution in [2.24, 2.45) is 0 Å². The second kappa shape index (κ2) is 5.07. The third kappa shape index (κ3) is 2.09. The molecule has 20 heavy (non-hydrogen) atoms. The molecule has 3 rings (SSSR count). The first-order valence-corrected chi connectivity index (χ1v) is 6.84. The fourth-order valence-electron chi connectivity index (χ4n) is 2.67. The fourth-order valence-corrected chi connectivity index (χ4v) is 2.67.